The number of hydrogen-bond acceptors (Lipinski definition) is 2. The molecule has 0 aliphatic rings. The lowest BCUT2D eigenvalue weighted by atomic mass is 10.1. The van der Waals surface area contributed by atoms with Crippen LogP contribution in [0.25, 0.3) is 0 Å². The summed E-state index contributed by atoms with van der Waals surface area (Å²) in [7, 11) is 1.91. The number of allylic oxidation sites excluding steroid dienone is 1. The lowest BCUT2D eigenvalue weighted by Crippen LogP contribution is -2.31. The second-order valence-corrected chi connectivity index (χ2v) is 4.66. The van der Waals surface area contributed by atoms with Crippen LogP contribution in [-0.2, 0) is 12.8 Å². The molecule has 2 heteroatoms. The van der Waals surface area contributed by atoms with E-state index >= 15 is 0 Å². The zero-order valence-electron chi connectivity index (χ0n) is 12.2. The highest BCUT2D eigenvalue weighted by atomic mass is 15.0. The van der Waals surface area contributed by atoms with E-state index in [1.165, 1.54) is 11.1 Å². The summed E-state index contributed by atoms with van der Waals surface area (Å²) in [5.41, 5.74) is 7.45. The van der Waals surface area contributed by atoms with Crippen molar-refractivity contribution in [2.45, 2.75) is 32.7 Å². The average molecular weight is 256 g/mol. The maximum absolute atomic E-state index is 4.02. The average Bonchev–Trinajstić information content (AvgIpc) is 2.46. The molecule has 2 N–H and O–H groups in total. The van der Waals surface area contributed by atoms with Crippen LogP contribution in [0.4, 0.5) is 0 Å². The van der Waals surface area contributed by atoms with Gasteiger partial charge in [0.2, 0.25) is 0 Å². The molecular formula is C17H24N2. The summed E-state index contributed by atoms with van der Waals surface area (Å²) in [4.78, 5) is 0. The Kier molecular flexibility index (Phi) is 6.14. The molecule has 0 fully saturated rings. The molecule has 1 unspecified atom stereocenters. The molecule has 1 rings (SSSR count). The predicted octanol–water partition coefficient (Wildman–Crippen LogP) is 3.17. The number of nitrogens with one attached hydrogen (secondary N) is 2. The van der Waals surface area contributed by atoms with Gasteiger partial charge >= 0.3 is 0 Å². The zero-order valence-corrected chi connectivity index (χ0v) is 12.2. The van der Waals surface area contributed by atoms with Gasteiger partial charge in [0.15, 0.2) is 0 Å². The smallest absolute Gasteiger partial charge is 0.0618 e. The maximum Gasteiger partial charge on any atom is 0.0618 e. The van der Waals surface area contributed by atoms with Gasteiger partial charge in [-0.15, -0.1) is 5.73 Å². The lowest BCUT2D eigenvalue weighted by Gasteiger charge is -2.17. The fourth-order valence-electron chi connectivity index (χ4n) is 1.72. The van der Waals surface area contributed by atoms with Gasteiger partial charge in [-0.05, 0) is 31.5 Å². The van der Waals surface area contributed by atoms with Gasteiger partial charge in [0.05, 0.1) is 5.70 Å². The molecule has 1 aromatic carbocycles. The van der Waals surface area contributed by atoms with Crippen molar-refractivity contribution < 1.29 is 0 Å². The Morgan fingerprint density at radius 1 is 1.26 bits per heavy atom. The first kappa shape index (κ1) is 15.3. The topological polar surface area (TPSA) is 24.1 Å². The monoisotopic (exact) mass is 256 g/mol. The molecule has 1 aromatic rings. The van der Waals surface area contributed by atoms with E-state index in [1.807, 2.05) is 7.05 Å². The minimum absolute atomic E-state index is 0.214. The predicted molar refractivity (Wildman–Crippen MR) is 83.0 cm³/mol. The third-order valence-electron chi connectivity index (χ3n) is 3.29. The highest BCUT2D eigenvalue weighted by Crippen LogP contribution is 2.10. The van der Waals surface area contributed by atoms with E-state index in [1.54, 1.807) is 0 Å². The van der Waals surface area contributed by atoms with Gasteiger partial charge < -0.3 is 10.6 Å². The minimum Gasteiger partial charge on any atom is -0.355 e. The van der Waals surface area contributed by atoms with E-state index in [0.717, 1.165) is 24.2 Å². The number of hydrogen-bond donors (Lipinski definition) is 2. The first-order chi connectivity index (χ1) is 9.10. The number of rotatable bonds is 7. The van der Waals surface area contributed by atoms with Crippen molar-refractivity contribution >= 4 is 0 Å². The molecular weight excluding hydrogens is 232 g/mol. The van der Waals surface area contributed by atoms with E-state index in [4.69, 9.17) is 0 Å². The molecule has 19 heavy (non-hydrogen) atoms. The molecule has 102 valence electrons. The van der Waals surface area contributed by atoms with Crippen LogP contribution in [-0.4, -0.2) is 13.1 Å². The van der Waals surface area contributed by atoms with E-state index in [9.17, 15) is 0 Å². The highest BCUT2D eigenvalue weighted by molar-refractivity contribution is 5.27. The molecule has 0 saturated carbocycles. The molecule has 0 radical (unpaired) electrons. The summed E-state index contributed by atoms with van der Waals surface area (Å²) in [5, 5.41) is 6.43. The van der Waals surface area contributed by atoms with Crippen molar-refractivity contribution in [1.29, 1.82) is 0 Å². The first-order valence-corrected chi connectivity index (χ1v) is 6.70. The highest BCUT2D eigenvalue weighted by Gasteiger charge is 2.06. The van der Waals surface area contributed by atoms with Crippen LogP contribution < -0.4 is 10.6 Å². The van der Waals surface area contributed by atoms with E-state index < -0.39 is 0 Å². The quantitative estimate of drug-likeness (QED) is 0.732. The van der Waals surface area contributed by atoms with Gasteiger partial charge in [0.25, 0.3) is 0 Å². The van der Waals surface area contributed by atoms with Crippen LogP contribution in [0.15, 0.2) is 54.5 Å². The Labute approximate surface area is 116 Å². The first-order valence-electron chi connectivity index (χ1n) is 6.70. The Hall–Kier alpha value is -1.76. The summed E-state index contributed by atoms with van der Waals surface area (Å²) in [6, 6.07) is 8.86. The number of likely N-dealkylation sites (N-methyl/N-ethyl adjacent to an activating group) is 1. The SMILES string of the molecule is C=C=C(Cc1ccc(CC)cc1)NC(=C)C(C)NC. The summed E-state index contributed by atoms with van der Waals surface area (Å²) in [5.74, 6) is 0. The van der Waals surface area contributed by atoms with Crippen molar-refractivity contribution in [2.24, 2.45) is 0 Å². The van der Waals surface area contributed by atoms with Gasteiger partial charge in [-0.25, -0.2) is 0 Å². The largest absolute Gasteiger partial charge is 0.355 e. The Balaban J connectivity index is 2.67. The normalized spacial score (nSPS) is 11.5. The maximum atomic E-state index is 4.02. The van der Waals surface area contributed by atoms with E-state index in [2.05, 4.69) is 67.6 Å². The fourth-order valence-corrected chi connectivity index (χ4v) is 1.72. The van der Waals surface area contributed by atoms with Gasteiger partial charge in [-0.2, -0.15) is 0 Å². The van der Waals surface area contributed by atoms with Gasteiger partial charge in [-0.3, -0.25) is 0 Å². The molecule has 1 atom stereocenters. The molecule has 0 spiro atoms. The second-order valence-electron chi connectivity index (χ2n) is 4.66. The Morgan fingerprint density at radius 3 is 2.32 bits per heavy atom. The Bertz CT molecular complexity index is 465. The van der Waals surface area contributed by atoms with Crippen LogP contribution in [0.5, 0.6) is 0 Å². The Morgan fingerprint density at radius 2 is 1.84 bits per heavy atom. The van der Waals surface area contributed by atoms with Gasteiger partial charge in [0.1, 0.15) is 0 Å². The van der Waals surface area contributed by atoms with E-state index in [-0.39, 0.29) is 6.04 Å². The van der Waals surface area contributed by atoms with Crippen molar-refractivity contribution in [3.8, 4) is 0 Å². The van der Waals surface area contributed by atoms with E-state index in [0.29, 0.717) is 0 Å². The lowest BCUT2D eigenvalue weighted by molar-refractivity contribution is 0.651. The van der Waals surface area contributed by atoms with Gasteiger partial charge in [0, 0.05) is 18.2 Å². The summed E-state index contributed by atoms with van der Waals surface area (Å²) in [6.07, 6.45) is 1.86. The third kappa shape index (κ3) is 4.78. The number of aryl methyl sites for hydroxylation is 1. The zero-order chi connectivity index (χ0) is 14.3. The molecule has 0 aromatic heterocycles. The summed E-state index contributed by atoms with van der Waals surface area (Å²) >= 11 is 0. The standard InChI is InChI=1S/C17H24N2/c1-6-15-8-10-16(11-9-15)12-17(7-2)19-14(4)13(3)18-5/h8-11,13,18-19H,2,4,6,12H2,1,3,5H3. The molecule has 0 amide bonds. The van der Waals surface area contributed by atoms with Crippen molar-refractivity contribution in [3.05, 3.63) is 65.7 Å². The van der Waals surface area contributed by atoms with Crippen molar-refractivity contribution in [1.82, 2.24) is 10.6 Å². The third-order valence-corrected chi connectivity index (χ3v) is 3.29. The molecule has 0 saturated heterocycles. The van der Waals surface area contributed by atoms with Gasteiger partial charge in [-0.1, -0.05) is 44.3 Å². The summed E-state index contributed by atoms with van der Waals surface area (Å²) in [6.45, 7) is 12.0. The van der Waals surface area contributed by atoms with Crippen LogP contribution in [0.2, 0.25) is 0 Å². The molecule has 0 aliphatic carbocycles. The number of benzene rings is 1. The second kappa shape index (κ2) is 7.63. The molecule has 2 nitrogen and oxygen atoms in total. The van der Waals surface area contributed by atoms with Crippen LogP contribution in [0.3, 0.4) is 0 Å². The summed E-state index contributed by atoms with van der Waals surface area (Å²) < 4.78 is 0. The van der Waals surface area contributed by atoms with Crippen LogP contribution in [0, 0.1) is 0 Å². The van der Waals surface area contributed by atoms with Crippen LogP contribution in [0.1, 0.15) is 25.0 Å². The van der Waals surface area contributed by atoms with Crippen LogP contribution >= 0.6 is 0 Å². The minimum atomic E-state index is 0.214. The molecule has 0 bridgehead atoms. The fraction of sp³-hybridized carbons (Fsp3) is 0.353. The van der Waals surface area contributed by atoms with Crippen molar-refractivity contribution in [3.63, 3.8) is 0 Å². The molecule has 0 heterocycles. The molecule has 0 aliphatic heterocycles. The van der Waals surface area contributed by atoms with Crippen molar-refractivity contribution in [2.75, 3.05) is 7.05 Å².